The number of fused-ring (bicyclic) bond motifs is 1. The Balaban J connectivity index is 0.000000845. The van der Waals surface area contributed by atoms with Crippen LogP contribution >= 0.6 is 0 Å². The monoisotopic (exact) mass is 167 g/mol. The van der Waals surface area contributed by atoms with E-state index in [1.807, 2.05) is 0 Å². The summed E-state index contributed by atoms with van der Waals surface area (Å²) in [5, 5.41) is 20.9. The van der Waals surface area contributed by atoms with E-state index in [4.69, 9.17) is 0 Å². The fraction of sp³-hybridized carbons (Fsp3) is 0. The van der Waals surface area contributed by atoms with E-state index in [9.17, 15) is 10.2 Å². The van der Waals surface area contributed by atoms with Crippen LogP contribution in [-0.4, -0.2) is 10.1 Å². The molecule has 0 atom stereocenters. The summed E-state index contributed by atoms with van der Waals surface area (Å²) >= 11 is 0. The molecule has 0 amide bonds. The van der Waals surface area contributed by atoms with Crippen LogP contribution in [-0.2, 0) is 0 Å². The van der Waals surface area contributed by atoms with Crippen molar-refractivity contribution in [2.45, 2.75) is 0 Å². The van der Waals surface area contributed by atoms with Gasteiger partial charge in [0.15, 0.2) is 0 Å². The summed E-state index contributed by atoms with van der Waals surface area (Å²) in [6, 6.07) is 8.03. The molecule has 0 fully saturated rings. The number of aromatic nitrogens is 1. The maximum absolute atomic E-state index is 10.8. The number of nitrogens with zero attached hydrogens (tertiary/aromatic N) is 1. The molecule has 2 aromatic rings. The Hall–Kier alpha value is -1.17. The average molecular weight is 167 g/mol. The Morgan fingerprint density at radius 3 is 2.69 bits per heavy atom. The van der Waals surface area contributed by atoms with Crippen LogP contribution in [0.2, 0.25) is 0 Å². The van der Waals surface area contributed by atoms with E-state index >= 15 is 0 Å². The summed E-state index contributed by atoms with van der Waals surface area (Å²) in [6.07, 6.45) is 0. The van der Waals surface area contributed by atoms with Crippen molar-refractivity contribution in [2.75, 3.05) is 0 Å². The minimum absolute atomic E-state index is 0. The summed E-state index contributed by atoms with van der Waals surface area (Å²) < 4.78 is 0. The topological polar surface area (TPSA) is 56.2 Å². The zero-order valence-electron chi connectivity index (χ0n) is 7.19. The predicted octanol–water partition coefficient (Wildman–Crippen LogP) is -1.98. The van der Waals surface area contributed by atoms with Crippen LogP contribution in [0, 0.1) is 0 Å². The van der Waals surface area contributed by atoms with Crippen LogP contribution in [0.3, 0.4) is 0 Å². The van der Waals surface area contributed by atoms with Crippen molar-refractivity contribution in [2.24, 2.45) is 0 Å². The predicted molar refractivity (Wildman–Crippen MR) is 42.9 cm³/mol. The summed E-state index contributed by atoms with van der Waals surface area (Å²) in [5.74, 6) is -0.283. The van der Waals surface area contributed by atoms with Crippen LogP contribution < -0.4 is 24.0 Å². The number of aromatic hydroxyl groups is 1. The molecule has 13 heavy (non-hydrogen) atoms. The quantitative estimate of drug-likeness (QED) is 0.462. The van der Waals surface area contributed by atoms with Crippen LogP contribution in [0.4, 0.5) is 0 Å². The second-order valence-electron chi connectivity index (χ2n) is 2.50. The SMILES string of the molecule is [Li+].[O-]c1ccc2cccc(O)c2n1. The Labute approximate surface area is 87.2 Å². The van der Waals surface area contributed by atoms with E-state index in [1.54, 1.807) is 18.2 Å². The molecular formula is C9H6LiNO2. The minimum Gasteiger partial charge on any atom is -0.859 e. The summed E-state index contributed by atoms with van der Waals surface area (Å²) in [5.41, 5.74) is 0.366. The molecule has 0 saturated carbocycles. The van der Waals surface area contributed by atoms with Crippen molar-refractivity contribution >= 4 is 10.9 Å². The van der Waals surface area contributed by atoms with Gasteiger partial charge < -0.3 is 10.2 Å². The van der Waals surface area contributed by atoms with Gasteiger partial charge >= 0.3 is 18.9 Å². The van der Waals surface area contributed by atoms with Gasteiger partial charge in [-0.2, -0.15) is 0 Å². The Morgan fingerprint density at radius 2 is 1.92 bits per heavy atom. The number of phenols is 1. The van der Waals surface area contributed by atoms with Gasteiger partial charge in [-0.15, -0.1) is 0 Å². The molecule has 0 bridgehead atoms. The minimum atomic E-state index is -0.330. The van der Waals surface area contributed by atoms with Crippen LogP contribution in [0.15, 0.2) is 30.3 Å². The first-order valence-electron chi connectivity index (χ1n) is 3.53. The van der Waals surface area contributed by atoms with Crippen LogP contribution in [0.25, 0.3) is 10.9 Å². The Kier molecular flexibility index (Phi) is 2.82. The molecule has 1 aromatic heterocycles. The third-order valence-electron chi connectivity index (χ3n) is 1.67. The molecular weight excluding hydrogens is 161 g/mol. The first kappa shape index (κ1) is 9.91. The van der Waals surface area contributed by atoms with E-state index in [0.29, 0.717) is 5.52 Å². The number of hydrogen-bond acceptors (Lipinski definition) is 3. The van der Waals surface area contributed by atoms with E-state index < -0.39 is 0 Å². The number of phenolic OH excluding ortho intramolecular Hbond substituents is 1. The molecule has 0 aliphatic heterocycles. The van der Waals surface area contributed by atoms with Crippen LogP contribution in [0.1, 0.15) is 0 Å². The molecule has 1 aromatic carbocycles. The zero-order chi connectivity index (χ0) is 8.55. The molecule has 60 valence electrons. The van der Waals surface area contributed by atoms with E-state index in [1.165, 1.54) is 12.1 Å². The van der Waals surface area contributed by atoms with Crippen LogP contribution in [0.5, 0.6) is 11.6 Å². The molecule has 0 saturated heterocycles. The van der Waals surface area contributed by atoms with Gasteiger partial charge in [-0.3, -0.25) is 4.98 Å². The fourth-order valence-corrected chi connectivity index (χ4v) is 1.11. The largest absolute Gasteiger partial charge is 1.00 e. The number of hydrogen-bond donors (Lipinski definition) is 1. The van der Waals surface area contributed by atoms with Gasteiger partial charge in [-0.05, 0) is 11.9 Å². The summed E-state index contributed by atoms with van der Waals surface area (Å²) in [6.45, 7) is 0. The maximum Gasteiger partial charge on any atom is 1.00 e. The van der Waals surface area contributed by atoms with E-state index in [0.717, 1.165) is 5.39 Å². The standard InChI is InChI=1S/C9H7NO2.Li/c11-7-3-1-2-6-4-5-8(12)10-9(6)7;/h1-5,11H,(H,10,12);/q;+1/p-1. The van der Waals surface area contributed by atoms with Crippen molar-refractivity contribution in [1.29, 1.82) is 0 Å². The van der Waals surface area contributed by atoms with Crippen molar-refractivity contribution in [3.8, 4) is 11.6 Å². The first-order chi connectivity index (χ1) is 5.77. The van der Waals surface area contributed by atoms with Crippen molar-refractivity contribution in [1.82, 2.24) is 4.98 Å². The zero-order valence-corrected chi connectivity index (χ0v) is 7.19. The molecule has 1 heterocycles. The van der Waals surface area contributed by atoms with Gasteiger partial charge in [-0.25, -0.2) is 0 Å². The van der Waals surface area contributed by atoms with E-state index in [2.05, 4.69) is 4.98 Å². The smallest absolute Gasteiger partial charge is 0.859 e. The third kappa shape index (κ3) is 1.77. The Morgan fingerprint density at radius 1 is 1.15 bits per heavy atom. The number of para-hydroxylation sites is 1. The molecule has 0 unspecified atom stereocenters. The van der Waals surface area contributed by atoms with Gasteiger partial charge in [0.25, 0.3) is 0 Å². The van der Waals surface area contributed by atoms with Crippen molar-refractivity contribution < 1.29 is 29.1 Å². The molecule has 0 spiro atoms. The molecule has 0 aliphatic rings. The molecule has 3 nitrogen and oxygen atoms in total. The fourth-order valence-electron chi connectivity index (χ4n) is 1.11. The number of pyridine rings is 1. The van der Waals surface area contributed by atoms with Crippen molar-refractivity contribution in [3.05, 3.63) is 30.3 Å². The van der Waals surface area contributed by atoms with Gasteiger partial charge in [-0.1, -0.05) is 24.3 Å². The Bertz CT molecular complexity index is 431. The maximum atomic E-state index is 10.8. The number of rotatable bonds is 0. The summed E-state index contributed by atoms with van der Waals surface area (Å²) in [7, 11) is 0. The van der Waals surface area contributed by atoms with Gasteiger partial charge in [0.1, 0.15) is 11.3 Å². The third-order valence-corrected chi connectivity index (χ3v) is 1.67. The second kappa shape index (κ2) is 3.69. The van der Waals surface area contributed by atoms with Gasteiger partial charge in [0, 0.05) is 5.39 Å². The number of benzene rings is 1. The molecule has 4 heteroatoms. The molecule has 2 rings (SSSR count). The van der Waals surface area contributed by atoms with Gasteiger partial charge in [0.2, 0.25) is 0 Å². The second-order valence-corrected chi connectivity index (χ2v) is 2.50. The summed E-state index contributed by atoms with van der Waals surface area (Å²) in [4.78, 5) is 3.67. The average Bonchev–Trinajstić information content (AvgIpc) is 2.07. The van der Waals surface area contributed by atoms with Crippen molar-refractivity contribution in [3.63, 3.8) is 0 Å². The molecule has 0 aliphatic carbocycles. The normalized spacial score (nSPS) is 9.54. The van der Waals surface area contributed by atoms with E-state index in [-0.39, 0.29) is 30.5 Å². The first-order valence-corrected chi connectivity index (χ1v) is 3.53. The molecule has 0 radical (unpaired) electrons. The van der Waals surface area contributed by atoms with Gasteiger partial charge in [0.05, 0.1) is 0 Å². The molecule has 1 N–H and O–H groups in total.